The molecule has 3 rings (SSSR count). The van der Waals surface area contributed by atoms with Crippen LogP contribution < -0.4 is 5.32 Å². The van der Waals surface area contributed by atoms with Gasteiger partial charge in [-0.2, -0.15) is 0 Å². The third-order valence-corrected chi connectivity index (χ3v) is 5.98. The van der Waals surface area contributed by atoms with E-state index in [9.17, 15) is 9.59 Å². The van der Waals surface area contributed by atoms with E-state index >= 15 is 0 Å². The lowest BCUT2D eigenvalue weighted by molar-refractivity contribution is -0.124. The zero-order chi connectivity index (χ0) is 21.7. The molecule has 0 radical (unpaired) electrons. The summed E-state index contributed by atoms with van der Waals surface area (Å²) < 4.78 is 5.04. The number of halogens is 2. The number of carbonyl (C=O) groups is 2. The van der Waals surface area contributed by atoms with E-state index in [1.807, 2.05) is 31.2 Å². The fourth-order valence-corrected chi connectivity index (χ4v) is 4.27. The van der Waals surface area contributed by atoms with Crippen molar-refractivity contribution >= 4 is 35.0 Å². The molecule has 2 atom stereocenters. The first kappa shape index (κ1) is 22.6. The molecule has 0 aliphatic carbocycles. The molecule has 1 heterocycles. The normalized spacial score (nSPS) is 18.5. The molecule has 0 bridgehead atoms. The van der Waals surface area contributed by atoms with E-state index in [1.165, 1.54) is 0 Å². The molecule has 2 aromatic rings. The molecule has 1 aliphatic rings. The highest BCUT2D eigenvalue weighted by atomic mass is 35.5. The minimum absolute atomic E-state index is 0.0471. The molecule has 160 valence electrons. The third kappa shape index (κ3) is 5.34. The Balaban J connectivity index is 1.80. The topological polar surface area (TPSA) is 58.6 Å². The van der Waals surface area contributed by atoms with Gasteiger partial charge in [-0.25, -0.2) is 0 Å². The van der Waals surface area contributed by atoms with E-state index in [1.54, 1.807) is 30.2 Å². The molecular formula is C23H26Cl2N2O3. The number of methoxy groups -OCH3 is 1. The standard InChI is InChI=1S/C23H26Cl2N2O3/c1-15-4-6-16(7-5-15)19-13-27(14-20(19)22(28)26-10-3-11-30-2)23(29)18-9-8-17(24)12-21(18)25/h4-9,12,19-20H,3,10-11,13-14H2,1-2H3,(H,26,28). The van der Waals surface area contributed by atoms with Gasteiger partial charge in [0.05, 0.1) is 16.5 Å². The largest absolute Gasteiger partial charge is 0.385 e. The molecule has 0 spiro atoms. The number of hydrogen-bond donors (Lipinski definition) is 1. The van der Waals surface area contributed by atoms with Crippen LogP contribution >= 0.6 is 23.2 Å². The summed E-state index contributed by atoms with van der Waals surface area (Å²) in [6.45, 7) is 3.95. The molecule has 5 nitrogen and oxygen atoms in total. The SMILES string of the molecule is COCCCNC(=O)C1CN(C(=O)c2ccc(Cl)cc2Cl)CC1c1ccc(C)cc1. The Kier molecular flexibility index (Phi) is 7.75. The van der Waals surface area contributed by atoms with E-state index in [-0.39, 0.29) is 23.7 Å². The van der Waals surface area contributed by atoms with Gasteiger partial charge in [-0.05, 0) is 37.1 Å². The maximum absolute atomic E-state index is 13.1. The van der Waals surface area contributed by atoms with Crippen LogP contribution in [0.4, 0.5) is 0 Å². The second-order valence-electron chi connectivity index (χ2n) is 7.60. The van der Waals surface area contributed by atoms with Gasteiger partial charge in [0, 0.05) is 44.3 Å². The molecule has 7 heteroatoms. The quantitative estimate of drug-likeness (QED) is 0.641. The minimum atomic E-state index is -0.328. The molecule has 30 heavy (non-hydrogen) atoms. The number of benzene rings is 2. The second-order valence-corrected chi connectivity index (χ2v) is 8.44. The molecule has 1 saturated heterocycles. The number of amides is 2. The number of ether oxygens (including phenoxy) is 1. The van der Waals surface area contributed by atoms with Gasteiger partial charge in [-0.15, -0.1) is 0 Å². The lowest BCUT2D eigenvalue weighted by atomic mass is 9.88. The van der Waals surface area contributed by atoms with Crippen molar-refractivity contribution in [2.75, 3.05) is 33.4 Å². The highest BCUT2D eigenvalue weighted by molar-refractivity contribution is 6.36. The minimum Gasteiger partial charge on any atom is -0.385 e. The van der Waals surface area contributed by atoms with Crippen molar-refractivity contribution in [1.82, 2.24) is 10.2 Å². The van der Waals surface area contributed by atoms with E-state index < -0.39 is 0 Å². The number of likely N-dealkylation sites (tertiary alicyclic amines) is 1. The predicted molar refractivity (Wildman–Crippen MR) is 119 cm³/mol. The van der Waals surface area contributed by atoms with Gasteiger partial charge in [0.2, 0.25) is 5.91 Å². The number of rotatable bonds is 7. The van der Waals surface area contributed by atoms with Gasteiger partial charge < -0.3 is 15.0 Å². The van der Waals surface area contributed by atoms with Crippen molar-refractivity contribution in [2.45, 2.75) is 19.3 Å². The molecule has 1 fully saturated rings. The lowest BCUT2D eigenvalue weighted by Crippen LogP contribution is -2.36. The summed E-state index contributed by atoms with van der Waals surface area (Å²) in [5.74, 6) is -0.647. The number of nitrogens with one attached hydrogen (secondary N) is 1. The zero-order valence-corrected chi connectivity index (χ0v) is 18.7. The van der Waals surface area contributed by atoms with Crippen LogP contribution in [0.2, 0.25) is 10.0 Å². The number of aryl methyl sites for hydroxylation is 1. The molecule has 0 aromatic heterocycles. The second kappa shape index (κ2) is 10.3. The van der Waals surface area contributed by atoms with Crippen molar-refractivity contribution in [3.8, 4) is 0 Å². The van der Waals surface area contributed by atoms with Crippen LogP contribution in [0.1, 0.15) is 33.8 Å². The number of nitrogens with zero attached hydrogens (tertiary/aromatic N) is 1. The van der Waals surface area contributed by atoms with Crippen LogP contribution in [0.5, 0.6) is 0 Å². The lowest BCUT2D eigenvalue weighted by Gasteiger charge is -2.18. The Morgan fingerprint density at radius 3 is 2.53 bits per heavy atom. The fraction of sp³-hybridized carbons (Fsp3) is 0.391. The molecule has 1 aliphatic heterocycles. The maximum atomic E-state index is 13.1. The van der Waals surface area contributed by atoms with Gasteiger partial charge in [-0.1, -0.05) is 53.0 Å². The van der Waals surface area contributed by atoms with Crippen LogP contribution in [0.25, 0.3) is 0 Å². The van der Waals surface area contributed by atoms with Crippen LogP contribution in [0.15, 0.2) is 42.5 Å². The summed E-state index contributed by atoms with van der Waals surface area (Å²) in [6, 6.07) is 13.0. The van der Waals surface area contributed by atoms with Crippen LogP contribution in [0, 0.1) is 12.8 Å². The van der Waals surface area contributed by atoms with Crippen LogP contribution in [-0.2, 0) is 9.53 Å². The average Bonchev–Trinajstić information content (AvgIpc) is 3.17. The zero-order valence-electron chi connectivity index (χ0n) is 17.2. The number of carbonyl (C=O) groups excluding carboxylic acids is 2. The fourth-order valence-electron chi connectivity index (χ4n) is 3.78. The van der Waals surface area contributed by atoms with Gasteiger partial charge in [0.25, 0.3) is 5.91 Å². The first-order chi connectivity index (χ1) is 14.4. The maximum Gasteiger partial charge on any atom is 0.255 e. The van der Waals surface area contributed by atoms with E-state index in [2.05, 4.69) is 5.32 Å². The van der Waals surface area contributed by atoms with Crippen molar-refractivity contribution in [3.63, 3.8) is 0 Å². The smallest absolute Gasteiger partial charge is 0.255 e. The molecular weight excluding hydrogens is 423 g/mol. The summed E-state index contributed by atoms with van der Waals surface area (Å²) in [4.78, 5) is 27.8. The first-order valence-corrected chi connectivity index (χ1v) is 10.7. The van der Waals surface area contributed by atoms with Crippen LogP contribution in [0.3, 0.4) is 0 Å². The van der Waals surface area contributed by atoms with Gasteiger partial charge in [0.1, 0.15) is 0 Å². The van der Waals surface area contributed by atoms with Gasteiger partial charge >= 0.3 is 0 Å². The Bertz CT molecular complexity index is 902. The predicted octanol–water partition coefficient (Wildman–Crippen LogP) is 4.31. The summed E-state index contributed by atoms with van der Waals surface area (Å²) in [5, 5.41) is 3.78. The van der Waals surface area contributed by atoms with E-state index in [0.717, 1.165) is 17.5 Å². The van der Waals surface area contributed by atoms with Gasteiger partial charge in [-0.3, -0.25) is 9.59 Å². The summed E-state index contributed by atoms with van der Waals surface area (Å²) in [7, 11) is 1.64. The summed E-state index contributed by atoms with van der Waals surface area (Å²) in [6.07, 6.45) is 0.743. The average molecular weight is 449 g/mol. The highest BCUT2D eigenvalue weighted by Gasteiger charge is 2.40. The Morgan fingerprint density at radius 2 is 1.87 bits per heavy atom. The van der Waals surface area contributed by atoms with E-state index in [0.29, 0.717) is 41.8 Å². The molecule has 2 unspecified atom stereocenters. The van der Waals surface area contributed by atoms with Crippen molar-refractivity contribution in [2.24, 2.45) is 5.92 Å². The van der Waals surface area contributed by atoms with Crippen molar-refractivity contribution in [3.05, 3.63) is 69.2 Å². The Hall–Kier alpha value is -2.08. The van der Waals surface area contributed by atoms with Crippen molar-refractivity contribution in [1.29, 1.82) is 0 Å². The molecule has 2 amide bonds. The van der Waals surface area contributed by atoms with Crippen molar-refractivity contribution < 1.29 is 14.3 Å². The Morgan fingerprint density at radius 1 is 1.13 bits per heavy atom. The molecule has 2 aromatic carbocycles. The van der Waals surface area contributed by atoms with Gasteiger partial charge in [0.15, 0.2) is 0 Å². The van der Waals surface area contributed by atoms with E-state index in [4.69, 9.17) is 27.9 Å². The third-order valence-electron chi connectivity index (χ3n) is 5.44. The molecule has 1 N–H and O–H groups in total. The monoisotopic (exact) mass is 448 g/mol. The van der Waals surface area contributed by atoms with Crippen LogP contribution in [-0.4, -0.2) is 50.1 Å². The Labute approximate surface area is 187 Å². The highest BCUT2D eigenvalue weighted by Crippen LogP contribution is 2.35. The summed E-state index contributed by atoms with van der Waals surface area (Å²) >= 11 is 12.2. The number of hydrogen-bond acceptors (Lipinski definition) is 3. The summed E-state index contributed by atoms with van der Waals surface area (Å²) in [5.41, 5.74) is 2.60. The molecule has 0 saturated carbocycles. The first-order valence-electron chi connectivity index (χ1n) is 9.98.